The first-order chi connectivity index (χ1) is 14.2. The number of ether oxygens (including phenoxy) is 1. The third kappa shape index (κ3) is 5.04. The lowest BCUT2D eigenvalue weighted by Crippen LogP contribution is -2.38. The van der Waals surface area contributed by atoms with E-state index in [-0.39, 0.29) is 18.1 Å². The maximum absolute atomic E-state index is 12.6. The Morgan fingerprint density at radius 1 is 1.13 bits per heavy atom. The number of hydrogen-bond acceptors (Lipinski definition) is 6. The molecule has 0 saturated heterocycles. The van der Waals surface area contributed by atoms with Gasteiger partial charge in [-0.25, -0.2) is 8.42 Å². The van der Waals surface area contributed by atoms with Gasteiger partial charge in [-0.2, -0.15) is 0 Å². The molecule has 0 spiro atoms. The van der Waals surface area contributed by atoms with E-state index in [1.165, 1.54) is 23.1 Å². The summed E-state index contributed by atoms with van der Waals surface area (Å²) in [5.74, 6) is -2.78. The third-order valence-corrected chi connectivity index (χ3v) is 5.95. The van der Waals surface area contributed by atoms with E-state index in [2.05, 4.69) is 5.32 Å². The molecule has 1 aliphatic rings. The summed E-state index contributed by atoms with van der Waals surface area (Å²) in [6.07, 6.45) is 0. The summed E-state index contributed by atoms with van der Waals surface area (Å²) in [6, 6.07) is 11.4. The number of sulfone groups is 1. The number of fused-ring (bicyclic) bond motifs is 1. The van der Waals surface area contributed by atoms with Gasteiger partial charge in [0, 0.05) is 17.8 Å². The standard InChI is InChI=1S/C21H22N2O6S/c1-3-23-17-10-15(7-8-19(17)29-11-21(23)26)18(24)12-30(27,28)13-20(25)22-16-6-4-5-14(2)9-16/h4-10H,3,11-13H2,1-2H3,(H,22,25). The number of rotatable bonds is 7. The zero-order valence-electron chi connectivity index (χ0n) is 16.7. The Kier molecular flexibility index (Phi) is 6.21. The third-order valence-electron chi connectivity index (χ3n) is 4.54. The monoisotopic (exact) mass is 430 g/mol. The quantitative estimate of drug-likeness (QED) is 0.673. The van der Waals surface area contributed by atoms with Crippen LogP contribution in [0.25, 0.3) is 0 Å². The predicted molar refractivity (Wildman–Crippen MR) is 113 cm³/mol. The minimum Gasteiger partial charge on any atom is -0.482 e. The highest BCUT2D eigenvalue weighted by atomic mass is 32.2. The number of carbonyl (C=O) groups excluding carboxylic acids is 3. The summed E-state index contributed by atoms with van der Waals surface area (Å²) in [4.78, 5) is 38.1. The molecule has 0 radical (unpaired) electrons. The van der Waals surface area contributed by atoms with E-state index in [4.69, 9.17) is 4.74 Å². The van der Waals surface area contributed by atoms with Gasteiger partial charge in [0.2, 0.25) is 5.91 Å². The van der Waals surface area contributed by atoms with Crippen LogP contribution in [0.2, 0.25) is 0 Å². The summed E-state index contributed by atoms with van der Waals surface area (Å²) < 4.78 is 30.1. The molecule has 0 aromatic heterocycles. The van der Waals surface area contributed by atoms with E-state index in [1.54, 1.807) is 25.1 Å². The number of amides is 2. The van der Waals surface area contributed by atoms with Crippen molar-refractivity contribution < 1.29 is 27.5 Å². The molecular weight excluding hydrogens is 408 g/mol. The van der Waals surface area contributed by atoms with Crippen molar-refractivity contribution in [2.24, 2.45) is 0 Å². The molecule has 0 aliphatic carbocycles. The molecule has 2 aromatic carbocycles. The SMILES string of the molecule is CCN1C(=O)COc2ccc(C(=O)CS(=O)(=O)CC(=O)Nc3cccc(C)c3)cc21. The van der Waals surface area contributed by atoms with Gasteiger partial charge in [0.1, 0.15) is 17.3 Å². The summed E-state index contributed by atoms with van der Waals surface area (Å²) >= 11 is 0. The minimum atomic E-state index is -3.98. The first-order valence-corrected chi connectivity index (χ1v) is 11.2. The number of hydrogen-bond donors (Lipinski definition) is 1. The highest BCUT2D eigenvalue weighted by Gasteiger charge is 2.27. The smallest absolute Gasteiger partial charge is 0.265 e. The van der Waals surface area contributed by atoms with Crippen LogP contribution < -0.4 is 15.0 Å². The molecule has 1 aliphatic heterocycles. The lowest BCUT2D eigenvalue weighted by atomic mass is 10.1. The van der Waals surface area contributed by atoms with Gasteiger partial charge in [-0.05, 0) is 49.7 Å². The maximum atomic E-state index is 12.6. The molecule has 2 aromatic rings. The number of anilines is 2. The van der Waals surface area contributed by atoms with Gasteiger partial charge in [0.25, 0.3) is 5.91 Å². The summed E-state index contributed by atoms with van der Waals surface area (Å²) in [6.45, 7) is 3.95. The molecule has 158 valence electrons. The molecule has 30 heavy (non-hydrogen) atoms. The van der Waals surface area contributed by atoms with E-state index < -0.39 is 33.0 Å². The van der Waals surface area contributed by atoms with Gasteiger partial charge >= 0.3 is 0 Å². The fourth-order valence-corrected chi connectivity index (χ4v) is 4.32. The maximum Gasteiger partial charge on any atom is 0.265 e. The molecule has 0 saturated carbocycles. The molecule has 0 fully saturated rings. The molecular formula is C21H22N2O6S. The average molecular weight is 430 g/mol. The van der Waals surface area contributed by atoms with Crippen LogP contribution in [0.5, 0.6) is 5.75 Å². The molecule has 0 unspecified atom stereocenters. The van der Waals surface area contributed by atoms with Crippen molar-refractivity contribution in [2.45, 2.75) is 13.8 Å². The number of aryl methyl sites for hydroxylation is 1. The highest BCUT2D eigenvalue weighted by Crippen LogP contribution is 2.33. The second kappa shape index (κ2) is 8.66. The molecule has 1 heterocycles. The van der Waals surface area contributed by atoms with Crippen molar-refractivity contribution in [3.63, 3.8) is 0 Å². The number of nitrogens with one attached hydrogen (secondary N) is 1. The van der Waals surface area contributed by atoms with E-state index in [0.717, 1.165) is 5.56 Å². The van der Waals surface area contributed by atoms with Gasteiger partial charge in [-0.3, -0.25) is 14.4 Å². The van der Waals surface area contributed by atoms with Crippen molar-refractivity contribution in [3.8, 4) is 5.75 Å². The second-order valence-electron chi connectivity index (χ2n) is 6.98. The second-order valence-corrected chi connectivity index (χ2v) is 9.05. The minimum absolute atomic E-state index is 0.0848. The summed E-state index contributed by atoms with van der Waals surface area (Å²) in [5.41, 5.74) is 1.96. The molecule has 8 nitrogen and oxygen atoms in total. The van der Waals surface area contributed by atoms with Crippen LogP contribution in [0.3, 0.4) is 0 Å². The normalized spacial score (nSPS) is 13.4. The lowest BCUT2D eigenvalue weighted by Gasteiger charge is -2.28. The Morgan fingerprint density at radius 2 is 1.90 bits per heavy atom. The Balaban J connectivity index is 1.69. The van der Waals surface area contributed by atoms with Crippen LogP contribution in [0, 0.1) is 6.92 Å². The lowest BCUT2D eigenvalue weighted by molar-refractivity contribution is -0.121. The van der Waals surface area contributed by atoms with Crippen LogP contribution in [-0.2, 0) is 19.4 Å². The Bertz CT molecular complexity index is 1110. The number of likely N-dealkylation sites (N-methyl/N-ethyl adjacent to an activating group) is 1. The van der Waals surface area contributed by atoms with Gasteiger partial charge in [-0.1, -0.05) is 12.1 Å². The molecule has 2 amide bonds. The predicted octanol–water partition coefficient (Wildman–Crippen LogP) is 1.98. The summed E-state index contributed by atoms with van der Waals surface area (Å²) in [7, 11) is -3.98. The van der Waals surface area contributed by atoms with E-state index >= 15 is 0 Å². The molecule has 9 heteroatoms. The molecule has 3 rings (SSSR count). The number of Topliss-reactive ketones (excluding diaryl/α,β-unsaturated/α-hetero) is 1. The number of benzene rings is 2. The zero-order chi connectivity index (χ0) is 21.9. The zero-order valence-corrected chi connectivity index (χ0v) is 17.5. The fourth-order valence-electron chi connectivity index (χ4n) is 3.18. The van der Waals surface area contributed by atoms with E-state index in [1.807, 2.05) is 13.0 Å². The number of ketones is 1. The Morgan fingerprint density at radius 3 is 2.60 bits per heavy atom. The van der Waals surface area contributed by atoms with Crippen LogP contribution in [0.15, 0.2) is 42.5 Å². The van der Waals surface area contributed by atoms with E-state index in [0.29, 0.717) is 23.7 Å². The van der Waals surface area contributed by atoms with Gasteiger partial charge in [-0.15, -0.1) is 0 Å². The van der Waals surface area contributed by atoms with Crippen LogP contribution in [0.4, 0.5) is 11.4 Å². The molecule has 1 N–H and O–H groups in total. The highest BCUT2D eigenvalue weighted by molar-refractivity contribution is 7.92. The van der Waals surface area contributed by atoms with Gasteiger partial charge in [0.15, 0.2) is 22.2 Å². The van der Waals surface area contributed by atoms with Crippen LogP contribution in [-0.4, -0.2) is 50.7 Å². The van der Waals surface area contributed by atoms with Gasteiger partial charge in [0.05, 0.1) is 5.69 Å². The Labute approximate surface area is 174 Å². The van der Waals surface area contributed by atoms with Gasteiger partial charge < -0.3 is 15.0 Å². The van der Waals surface area contributed by atoms with Crippen molar-refractivity contribution in [1.82, 2.24) is 0 Å². The first kappa shape index (κ1) is 21.5. The molecule has 0 atom stereocenters. The largest absolute Gasteiger partial charge is 0.482 e. The Hall–Kier alpha value is -3.20. The van der Waals surface area contributed by atoms with Crippen LogP contribution in [0.1, 0.15) is 22.8 Å². The van der Waals surface area contributed by atoms with E-state index in [9.17, 15) is 22.8 Å². The van der Waals surface area contributed by atoms with Crippen molar-refractivity contribution >= 4 is 38.8 Å². The summed E-state index contributed by atoms with van der Waals surface area (Å²) in [5, 5.41) is 2.52. The topological polar surface area (TPSA) is 110 Å². The fraction of sp³-hybridized carbons (Fsp3) is 0.286. The number of nitrogens with zero attached hydrogens (tertiary/aromatic N) is 1. The van der Waals surface area contributed by atoms with Crippen molar-refractivity contribution in [3.05, 3.63) is 53.6 Å². The molecule has 0 bridgehead atoms. The van der Waals surface area contributed by atoms with Crippen molar-refractivity contribution in [2.75, 3.05) is 34.9 Å². The van der Waals surface area contributed by atoms with Crippen LogP contribution >= 0.6 is 0 Å². The van der Waals surface area contributed by atoms with Crippen molar-refractivity contribution in [1.29, 1.82) is 0 Å². The first-order valence-electron chi connectivity index (χ1n) is 9.36. The number of carbonyl (C=O) groups is 3. The average Bonchev–Trinajstić information content (AvgIpc) is 2.66.